The molecular weight excluding hydrogens is 219 g/mol. The zero-order valence-corrected chi connectivity index (χ0v) is 11.0. The first kappa shape index (κ1) is 14.2. The topological polar surface area (TPSA) is 0 Å². The molecule has 0 saturated carbocycles. The summed E-state index contributed by atoms with van der Waals surface area (Å²) in [6, 6.07) is 16.6. The molecule has 0 saturated heterocycles. The van der Waals surface area contributed by atoms with Crippen LogP contribution in [0.15, 0.2) is 48.5 Å². The van der Waals surface area contributed by atoms with Gasteiger partial charge in [-0.15, -0.1) is 0 Å². The number of aryl methyl sites for hydroxylation is 3. The monoisotopic (exact) mass is 236 g/mol. The molecule has 1 heteroatoms. The van der Waals surface area contributed by atoms with E-state index in [-0.39, 0.29) is 18.6 Å². The second-order valence-electron chi connectivity index (χ2n) is 3.63. The molecule has 0 aliphatic heterocycles. The molecule has 2 rings (SSSR count). The Hall–Kier alpha value is -0.846. The van der Waals surface area contributed by atoms with Gasteiger partial charge in [-0.25, -0.2) is 12.1 Å². The van der Waals surface area contributed by atoms with Crippen LogP contribution in [-0.4, -0.2) is 0 Å². The normalized spacial score (nSPS) is 8.47. The molecule has 0 N–H and O–H groups in total. The van der Waals surface area contributed by atoms with E-state index in [1.807, 2.05) is 30.3 Å². The zero-order chi connectivity index (χ0) is 10.4. The summed E-state index contributed by atoms with van der Waals surface area (Å²) >= 11 is 0. The Morgan fingerprint density at radius 1 is 0.733 bits per heavy atom. The minimum atomic E-state index is 0. The molecular formula is C14H17V-. The minimum Gasteiger partial charge on any atom is -0.214 e. The fourth-order valence-corrected chi connectivity index (χ4v) is 1.52. The standard InChI is InChI=1S/C9H12.C5H5.V/c1-7-4-8(2)6-9(3)5-7;1-2-4-5-3-1;/h4-6H,1-3H3;1-5H;/q;-1;. The number of hydrogen-bond acceptors (Lipinski definition) is 0. The van der Waals surface area contributed by atoms with Gasteiger partial charge in [-0.05, 0) is 20.8 Å². The molecule has 0 spiro atoms. The van der Waals surface area contributed by atoms with E-state index in [4.69, 9.17) is 0 Å². The molecule has 0 aromatic heterocycles. The van der Waals surface area contributed by atoms with Crippen LogP contribution in [0.2, 0.25) is 0 Å². The number of benzene rings is 1. The number of hydrogen-bond donors (Lipinski definition) is 0. The van der Waals surface area contributed by atoms with Crippen LogP contribution in [0.4, 0.5) is 0 Å². The fourth-order valence-electron chi connectivity index (χ4n) is 1.52. The maximum Gasteiger partial charge on any atom is 0 e. The smallest absolute Gasteiger partial charge is 0 e. The summed E-state index contributed by atoms with van der Waals surface area (Å²) in [7, 11) is 0. The summed E-state index contributed by atoms with van der Waals surface area (Å²) in [5.74, 6) is 0. The Labute approximate surface area is 105 Å². The first-order chi connectivity index (χ1) is 6.68. The second kappa shape index (κ2) is 7.45. The SMILES string of the molecule is Cc1cc(C)cc(C)c1.[V].c1cc[cH-]c1. The van der Waals surface area contributed by atoms with Gasteiger partial charge in [0.1, 0.15) is 0 Å². The van der Waals surface area contributed by atoms with Crippen molar-refractivity contribution in [3.05, 3.63) is 65.2 Å². The molecule has 1 radical (unpaired) electrons. The molecule has 0 fully saturated rings. The third-order valence-corrected chi connectivity index (χ3v) is 1.92. The van der Waals surface area contributed by atoms with Crippen LogP contribution in [0.5, 0.6) is 0 Å². The average molecular weight is 236 g/mol. The van der Waals surface area contributed by atoms with Gasteiger partial charge in [-0.3, -0.25) is 0 Å². The molecule has 15 heavy (non-hydrogen) atoms. The Morgan fingerprint density at radius 3 is 1.27 bits per heavy atom. The predicted octanol–water partition coefficient (Wildman–Crippen LogP) is 4.01. The Kier molecular flexibility index (Phi) is 7.03. The molecule has 0 amide bonds. The Balaban J connectivity index is 0.000000280. The van der Waals surface area contributed by atoms with E-state index in [2.05, 4.69) is 39.0 Å². The van der Waals surface area contributed by atoms with Gasteiger partial charge in [0.2, 0.25) is 0 Å². The van der Waals surface area contributed by atoms with Gasteiger partial charge in [0.25, 0.3) is 0 Å². The van der Waals surface area contributed by atoms with Crippen molar-refractivity contribution >= 4 is 0 Å². The van der Waals surface area contributed by atoms with Crippen molar-refractivity contribution in [2.24, 2.45) is 0 Å². The molecule has 2 aromatic rings. The second-order valence-corrected chi connectivity index (χ2v) is 3.63. The maximum atomic E-state index is 2.19. The van der Waals surface area contributed by atoms with Crippen LogP contribution in [0, 0.1) is 20.8 Å². The summed E-state index contributed by atoms with van der Waals surface area (Å²) in [4.78, 5) is 0. The first-order valence-corrected chi connectivity index (χ1v) is 4.90. The molecule has 79 valence electrons. The van der Waals surface area contributed by atoms with E-state index in [1.54, 1.807) is 0 Å². The molecule has 0 aliphatic rings. The Bertz CT molecular complexity index is 293. The molecule has 0 nitrogen and oxygen atoms in total. The van der Waals surface area contributed by atoms with Crippen molar-refractivity contribution in [1.82, 2.24) is 0 Å². The van der Waals surface area contributed by atoms with Crippen molar-refractivity contribution in [3.8, 4) is 0 Å². The summed E-state index contributed by atoms with van der Waals surface area (Å²) in [6.45, 7) is 6.38. The molecule has 2 aromatic carbocycles. The van der Waals surface area contributed by atoms with Crippen LogP contribution < -0.4 is 0 Å². The quantitative estimate of drug-likeness (QED) is 0.606. The molecule has 0 bridgehead atoms. The fraction of sp³-hybridized carbons (Fsp3) is 0.214. The van der Waals surface area contributed by atoms with Crippen molar-refractivity contribution in [3.63, 3.8) is 0 Å². The third-order valence-electron chi connectivity index (χ3n) is 1.92. The molecule has 0 aliphatic carbocycles. The van der Waals surface area contributed by atoms with Gasteiger partial charge in [0.15, 0.2) is 0 Å². The average Bonchev–Trinajstić information content (AvgIpc) is 2.56. The van der Waals surface area contributed by atoms with Crippen molar-refractivity contribution in [2.75, 3.05) is 0 Å². The summed E-state index contributed by atoms with van der Waals surface area (Å²) in [5, 5.41) is 0. The van der Waals surface area contributed by atoms with Gasteiger partial charge in [-0.1, -0.05) is 34.9 Å². The van der Waals surface area contributed by atoms with Crippen LogP contribution in [-0.2, 0) is 18.6 Å². The van der Waals surface area contributed by atoms with Crippen molar-refractivity contribution in [2.45, 2.75) is 20.8 Å². The molecule has 0 unspecified atom stereocenters. The van der Waals surface area contributed by atoms with Gasteiger partial charge in [-0.2, -0.15) is 18.2 Å². The van der Waals surface area contributed by atoms with Gasteiger partial charge >= 0.3 is 0 Å². The largest absolute Gasteiger partial charge is 0.214 e. The summed E-state index contributed by atoms with van der Waals surface area (Å²) in [5.41, 5.74) is 4.06. The Morgan fingerprint density at radius 2 is 1.07 bits per heavy atom. The summed E-state index contributed by atoms with van der Waals surface area (Å²) in [6.07, 6.45) is 0. The maximum absolute atomic E-state index is 2.19. The van der Waals surface area contributed by atoms with E-state index >= 15 is 0 Å². The van der Waals surface area contributed by atoms with Gasteiger partial charge in [0, 0.05) is 18.6 Å². The van der Waals surface area contributed by atoms with E-state index in [0.717, 1.165) is 0 Å². The first-order valence-electron chi connectivity index (χ1n) is 4.90. The van der Waals surface area contributed by atoms with E-state index in [9.17, 15) is 0 Å². The summed E-state index contributed by atoms with van der Waals surface area (Å²) < 4.78 is 0. The van der Waals surface area contributed by atoms with Gasteiger partial charge < -0.3 is 0 Å². The van der Waals surface area contributed by atoms with Crippen LogP contribution in [0.1, 0.15) is 16.7 Å². The van der Waals surface area contributed by atoms with Gasteiger partial charge in [0.05, 0.1) is 0 Å². The zero-order valence-electron chi connectivity index (χ0n) is 9.57. The molecule has 0 heterocycles. The third kappa shape index (κ3) is 6.27. The van der Waals surface area contributed by atoms with Crippen LogP contribution in [0.3, 0.4) is 0 Å². The van der Waals surface area contributed by atoms with E-state index in [0.29, 0.717) is 0 Å². The predicted molar refractivity (Wildman–Crippen MR) is 62.7 cm³/mol. The minimum absolute atomic E-state index is 0. The van der Waals surface area contributed by atoms with E-state index in [1.165, 1.54) is 16.7 Å². The van der Waals surface area contributed by atoms with Crippen LogP contribution >= 0.6 is 0 Å². The van der Waals surface area contributed by atoms with Crippen LogP contribution in [0.25, 0.3) is 0 Å². The number of rotatable bonds is 0. The van der Waals surface area contributed by atoms with E-state index < -0.39 is 0 Å². The molecule has 0 atom stereocenters. The van der Waals surface area contributed by atoms with Crippen molar-refractivity contribution < 1.29 is 18.6 Å². The van der Waals surface area contributed by atoms with Crippen molar-refractivity contribution in [1.29, 1.82) is 0 Å².